The highest BCUT2D eigenvalue weighted by Gasteiger charge is 2.38. The third kappa shape index (κ3) is 2.00. The minimum Gasteiger partial charge on any atom is -0.293 e. The number of rotatable bonds is 4. The van der Waals surface area contributed by atoms with Crippen molar-refractivity contribution in [2.24, 2.45) is 11.8 Å². The Kier molecular flexibility index (Phi) is 2.72. The van der Waals surface area contributed by atoms with Gasteiger partial charge in [0.25, 0.3) is 0 Å². The molecule has 0 amide bonds. The standard InChI is InChI=1S/C12H12O2S2/c13-9(7-1-2-7)11-12(16-6-5-15-11)10(14)8-3-4-8/h5-8H,1-4H2. The minimum absolute atomic E-state index is 0.200. The summed E-state index contributed by atoms with van der Waals surface area (Å²) in [6.07, 6.45) is 4.01. The Morgan fingerprint density at radius 3 is 1.56 bits per heavy atom. The van der Waals surface area contributed by atoms with Crippen LogP contribution in [0.5, 0.6) is 0 Å². The van der Waals surface area contributed by atoms with Gasteiger partial charge >= 0.3 is 0 Å². The summed E-state index contributed by atoms with van der Waals surface area (Å²) in [5, 5.41) is 3.81. The molecular formula is C12H12O2S2. The molecule has 1 heterocycles. The van der Waals surface area contributed by atoms with Crippen molar-refractivity contribution in [1.82, 2.24) is 0 Å². The van der Waals surface area contributed by atoms with E-state index in [0.717, 1.165) is 25.7 Å². The Labute approximate surface area is 103 Å². The molecule has 0 bridgehead atoms. The Bertz CT molecular complexity index is 377. The number of carbonyl (C=O) groups excluding carboxylic acids is 2. The van der Waals surface area contributed by atoms with Crippen LogP contribution in [-0.2, 0) is 9.59 Å². The van der Waals surface area contributed by atoms with Crippen LogP contribution in [0.15, 0.2) is 20.6 Å². The second kappa shape index (κ2) is 4.08. The smallest absolute Gasteiger partial charge is 0.173 e. The van der Waals surface area contributed by atoms with Crippen LogP contribution in [0.4, 0.5) is 0 Å². The molecule has 0 unspecified atom stereocenters. The van der Waals surface area contributed by atoms with E-state index in [0.29, 0.717) is 9.81 Å². The lowest BCUT2D eigenvalue weighted by Gasteiger charge is -2.13. The Balaban J connectivity index is 1.88. The van der Waals surface area contributed by atoms with Crippen LogP contribution in [0.2, 0.25) is 0 Å². The fourth-order valence-electron chi connectivity index (χ4n) is 1.70. The molecule has 0 aromatic rings. The molecule has 16 heavy (non-hydrogen) atoms. The van der Waals surface area contributed by atoms with Gasteiger partial charge in [-0.2, -0.15) is 0 Å². The Morgan fingerprint density at radius 2 is 1.25 bits per heavy atom. The van der Waals surface area contributed by atoms with Gasteiger partial charge in [-0.05, 0) is 36.5 Å². The van der Waals surface area contributed by atoms with Crippen molar-refractivity contribution >= 4 is 35.1 Å². The molecule has 0 atom stereocenters. The first kappa shape index (κ1) is 10.7. The molecule has 0 aromatic heterocycles. The van der Waals surface area contributed by atoms with E-state index in [-0.39, 0.29) is 23.4 Å². The predicted octanol–water partition coefficient (Wildman–Crippen LogP) is 3.11. The molecule has 0 saturated heterocycles. The molecule has 2 nitrogen and oxygen atoms in total. The van der Waals surface area contributed by atoms with E-state index in [1.165, 1.54) is 23.5 Å². The largest absolute Gasteiger partial charge is 0.293 e. The maximum absolute atomic E-state index is 12.0. The normalized spacial score (nSPS) is 24.8. The predicted molar refractivity (Wildman–Crippen MR) is 66.8 cm³/mol. The summed E-state index contributed by atoms with van der Waals surface area (Å²) in [6, 6.07) is 0. The molecule has 0 aromatic carbocycles. The van der Waals surface area contributed by atoms with E-state index < -0.39 is 0 Å². The topological polar surface area (TPSA) is 34.1 Å². The number of carbonyl (C=O) groups is 2. The average molecular weight is 252 g/mol. The number of thioether (sulfide) groups is 2. The second-order valence-corrected chi connectivity index (χ2v) is 6.28. The van der Waals surface area contributed by atoms with Gasteiger partial charge in [-0.25, -0.2) is 0 Å². The summed E-state index contributed by atoms with van der Waals surface area (Å²) in [5.41, 5.74) is 0. The van der Waals surface area contributed by atoms with Crippen molar-refractivity contribution < 1.29 is 9.59 Å². The summed E-state index contributed by atoms with van der Waals surface area (Å²) >= 11 is 2.86. The third-order valence-corrected chi connectivity index (χ3v) is 5.11. The SMILES string of the molecule is O=C(C1=C(C(=O)C2CC2)SC=CS1)C1CC1. The van der Waals surface area contributed by atoms with E-state index in [1.54, 1.807) is 0 Å². The van der Waals surface area contributed by atoms with E-state index >= 15 is 0 Å². The van der Waals surface area contributed by atoms with E-state index in [2.05, 4.69) is 0 Å². The van der Waals surface area contributed by atoms with Gasteiger partial charge in [0.2, 0.25) is 0 Å². The number of allylic oxidation sites excluding steroid dienone is 2. The van der Waals surface area contributed by atoms with Gasteiger partial charge in [-0.3, -0.25) is 9.59 Å². The lowest BCUT2D eigenvalue weighted by atomic mass is 10.2. The first-order valence-corrected chi connectivity index (χ1v) is 7.34. The number of hydrogen-bond donors (Lipinski definition) is 0. The van der Waals surface area contributed by atoms with Crippen molar-refractivity contribution in [3.63, 3.8) is 0 Å². The van der Waals surface area contributed by atoms with Crippen LogP contribution in [0.25, 0.3) is 0 Å². The van der Waals surface area contributed by atoms with Gasteiger partial charge in [-0.1, -0.05) is 23.5 Å². The quantitative estimate of drug-likeness (QED) is 0.770. The molecule has 1 aliphatic heterocycles. The zero-order valence-electron chi connectivity index (χ0n) is 8.77. The summed E-state index contributed by atoms with van der Waals surface area (Å²) in [7, 11) is 0. The maximum atomic E-state index is 12.0. The van der Waals surface area contributed by atoms with E-state index in [4.69, 9.17) is 0 Å². The van der Waals surface area contributed by atoms with Crippen molar-refractivity contribution in [1.29, 1.82) is 0 Å². The van der Waals surface area contributed by atoms with Gasteiger partial charge in [0.1, 0.15) is 0 Å². The van der Waals surface area contributed by atoms with Gasteiger partial charge in [0.15, 0.2) is 11.6 Å². The monoisotopic (exact) mass is 252 g/mol. The highest BCUT2D eigenvalue weighted by molar-refractivity contribution is 8.13. The van der Waals surface area contributed by atoms with E-state index in [9.17, 15) is 9.59 Å². The van der Waals surface area contributed by atoms with Crippen molar-refractivity contribution in [3.05, 3.63) is 20.6 Å². The fourth-order valence-corrected chi connectivity index (χ4v) is 3.69. The molecule has 2 aliphatic carbocycles. The summed E-state index contributed by atoms with van der Waals surface area (Å²) in [4.78, 5) is 25.5. The number of ketones is 2. The first-order chi connectivity index (χ1) is 7.77. The fraction of sp³-hybridized carbons (Fsp3) is 0.500. The lowest BCUT2D eigenvalue weighted by molar-refractivity contribution is -0.118. The lowest BCUT2D eigenvalue weighted by Crippen LogP contribution is -2.11. The van der Waals surface area contributed by atoms with E-state index in [1.807, 2.05) is 10.8 Å². The van der Waals surface area contributed by atoms with Crippen LogP contribution in [0, 0.1) is 11.8 Å². The number of hydrogen-bond acceptors (Lipinski definition) is 4. The van der Waals surface area contributed by atoms with Crippen LogP contribution in [-0.4, -0.2) is 11.6 Å². The molecule has 0 radical (unpaired) electrons. The Hall–Kier alpha value is -0.480. The second-order valence-electron chi connectivity index (χ2n) is 4.44. The zero-order valence-corrected chi connectivity index (χ0v) is 10.4. The van der Waals surface area contributed by atoms with Crippen LogP contribution in [0.1, 0.15) is 25.7 Å². The molecule has 0 N–H and O–H groups in total. The van der Waals surface area contributed by atoms with Gasteiger partial charge in [0, 0.05) is 11.8 Å². The van der Waals surface area contributed by atoms with Gasteiger partial charge < -0.3 is 0 Å². The van der Waals surface area contributed by atoms with Crippen molar-refractivity contribution in [2.75, 3.05) is 0 Å². The first-order valence-electron chi connectivity index (χ1n) is 5.58. The van der Waals surface area contributed by atoms with Crippen LogP contribution in [0.3, 0.4) is 0 Å². The highest BCUT2D eigenvalue weighted by atomic mass is 32.2. The molecule has 3 aliphatic rings. The summed E-state index contributed by atoms with van der Waals surface area (Å²) < 4.78 is 0. The van der Waals surface area contributed by atoms with Crippen molar-refractivity contribution in [3.8, 4) is 0 Å². The number of Topliss-reactive ketones (excluding diaryl/α,β-unsaturated/α-hetero) is 2. The molecule has 3 rings (SSSR count). The summed E-state index contributed by atoms with van der Waals surface area (Å²) in [6.45, 7) is 0. The minimum atomic E-state index is 0.200. The molecule has 0 spiro atoms. The molecule has 2 saturated carbocycles. The average Bonchev–Trinajstić information content (AvgIpc) is 3.20. The summed E-state index contributed by atoms with van der Waals surface area (Å²) in [5.74, 6) is 0.810. The Morgan fingerprint density at radius 1 is 0.875 bits per heavy atom. The maximum Gasteiger partial charge on any atom is 0.173 e. The van der Waals surface area contributed by atoms with Gasteiger partial charge in [0.05, 0.1) is 9.81 Å². The van der Waals surface area contributed by atoms with Crippen molar-refractivity contribution in [2.45, 2.75) is 25.7 Å². The molecule has 2 fully saturated rings. The van der Waals surface area contributed by atoms with Crippen LogP contribution >= 0.6 is 23.5 Å². The highest BCUT2D eigenvalue weighted by Crippen LogP contribution is 2.45. The molecule has 4 heteroatoms. The molecular weight excluding hydrogens is 240 g/mol. The van der Waals surface area contributed by atoms with Crippen LogP contribution < -0.4 is 0 Å². The van der Waals surface area contributed by atoms with Gasteiger partial charge in [-0.15, -0.1) is 0 Å². The third-order valence-electron chi connectivity index (χ3n) is 2.98. The molecule has 84 valence electrons. The zero-order chi connectivity index (χ0) is 11.1.